The van der Waals surface area contributed by atoms with Gasteiger partial charge in [-0.05, 0) is 18.6 Å². The first-order valence-electron chi connectivity index (χ1n) is 6.42. The third kappa shape index (κ3) is 5.12. The summed E-state index contributed by atoms with van der Waals surface area (Å²) < 4.78 is 10.1. The molecule has 1 heterocycles. The number of rotatable bonds is 9. The maximum absolute atomic E-state index is 12.4. The quantitative estimate of drug-likeness (QED) is 0.389. The predicted octanol–water partition coefficient (Wildman–Crippen LogP) is 0.492. The second-order valence-corrected chi connectivity index (χ2v) is 4.21. The first-order valence-corrected chi connectivity index (χ1v) is 6.42. The van der Waals surface area contributed by atoms with Crippen molar-refractivity contribution in [2.75, 3.05) is 45.9 Å². The molecule has 0 saturated heterocycles. The van der Waals surface area contributed by atoms with E-state index in [2.05, 4.69) is 10.4 Å². The Hall–Kier alpha value is -1.70. The molecule has 0 atom stereocenters. The Kier molecular flexibility index (Phi) is 7.56. The van der Waals surface area contributed by atoms with E-state index in [0.29, 0.717) is 37.7 Å². The number of aromatic nitrogens is 1. The van der Waals surface area contributed by atoms with Gasteiger partial charge in [0.25, 0.3) is 5.91 Å². The molecule has 1 aromatic heterocycles. The van der Waals surface area contributed by atoms with Crippen molar-refractivity contribution in [3.05, 3.63) is 23.9 Å². The zero-order valence-corrected chi connectivity index (χ0v) is 12.0. The summed E-state index contributed by atoms with van der Waals surface area (Å²) in [5, 5.41) is 0. The van der Waals surface area contributed by atoms with Crippen LogP contribution in [0.15, 0.2) is 18.3 Å². The van der Waals surface area contributed by atoms with Crippen LogP contribution in [0.2, 0.25) is 0 Å². The molecule has 0 aliphatic rings. The highest BCUT2D eigenvalue weighted by Crippen LogP contribution is 2.09. The fourth-order valence-electron chi connectivity index (χ4n) is 1.74. The molecule has 1 aromatic rings. The van der Waals surface area contributed by atoms with E-state index in [4.69, 9.17) is 15.3 Å². The van der Waals surface area contributed by atoms with Crippen molar-refractivity contribution in [2.24, 2.45) is 5.84 Å². The van der Waals surface area contributed by atoms with Crippen LogP contribution in [-0.2, 0) is 9.47 Å². The zero-order valence-electron chi connectivity index (χ0n) is 12.0. The number of methoxy groups -OCH3 is 2. The summed E-state index contributed by atoms with van der Waals surface area (Å²) in [5.74, 6) is 5.69. The molecule has 0 saturated carbocycles. The number of nitrogens with one attached hydrogen (secondary N) is 1. The third-order valence-corrected chi connectivity index (χ3v) is 2.78. The lowest BCUT2D eigenvalue weighted by atomic mass is 10.2. The van der Waals surface area contributed by atoms with E-state index in [0.717, 1.165) is 6.42 Å². The summed E-state index contributed by atoms with van der Waals surface area (Å²) in [6.07, 6.45) is 2.32. The minimum Gasteiger partial charge on any atom is -0.385 e. The van der Waals surface area contributed by atoms with Crippen molar-refractivity contribution in [2.45, 2.75) is 6.42 Å². The molecule has 1 amide bonds. The van der Waals surface area contributed by atoms with E-state index in [1.807, 2.05) is 0 Å². The number of nitrogen functional groups attached to an aromatic ring is 1. The standard InChI is InChI=1S/C13H22N4O3/c1-19-8-3-6-17(7-9-20-2)13(18)11-4-5-15-12(10-11)16-14/h4-5,10H,3,6-9,14H2,1-2H3,(H,15,16). The molecule has 0 aromatic carbocycles. The summed E-state index contributed by atoms with van der Waals surface area (Å²) >= 11 is 0. The molecule has 0 aliphatic heterocycles. The van der Waals surface area contributed by atoms with Gasteiger partial charge in [0.1, 0.15) is 5.82 Å². The van der Waals surface area contributed by atoms with Crippen LogP contribution in [0.5, 0.6) is 0 Å². The number of pyridine rings is 1. The SMILES string of the molecule is COCCCN(CCOC)C(=O)c1ccnc(NN)c1. The van der Waals surface area contributed by atoms with E-state index < -0.39 is 0 Å². The Morgan fingerprint density at radius 1 is 1.35 bits per heavy atom. The van der Waals surface area contributed by atoms with E-state index >= 15 is 0 Å². The molecule has 1 rings (SSSR count). The number of ether oxygens (including phenoxy) is 2. The zero-order chi connectivity index (χ0) is 14.8. The first-order chi connectivity index (χ1) is 9.72. The van der Waals surface area contributed by atoms with Gasteiger partial charge < -0.3 is 19.8 Å². The number of carbonyl (C=O) groups is 1. The van der Waals surface area contributed by atoms with Crippen molar-refractivity contribution < 1.29 is 14.3 Å². The summed E-state index contributed by atoms with van der Waals surface area (Å²) in [4.78, 5) is 18.2. The Labute approximate surface area is 119 Å². The van der Waals surface area contributed by atoms with Gasteiger partial charge in [-0.25, -0.2) is 10.8 Å². The van der Waals surface area contributed by atoms with Gasteiger partial charge in [-0.15, -0.1) is 0 Å². The van der Waals surface area contributed by atoms with Crippen LogP contribution >= 0.6 is 0 Å². The number of amides is 1. The number of nitrogens with two attached hydrogens (primary N) is 1. The van der Waals surface area contributed by atoms with E-state index in [9.17, 15) is 4.79 Å². The largest absolute Gasteiger partial charge is 0.385 e. The molecule has 0 aliphatic carbocycles. The fraction of sp³-hybridized carbons (Fsp3) is 0.538. The smallest absolute Gasteiger partial charge is 0.254 e. The second kappa shape index (κ2) is 9.24. The van der Waals surface area contributed by atoms with Crippen LogP contribution in [0.1, 0.15) is 16.8 Å². The van der Waals surface area contributed by atoms with Gasteiger partial charge in [-0.1, -0.05) is 0 Å². The lowest BCUT2D eigenvalue weighted by molar-refractivity contribution is 0.0674. The van der Waals surface area contributed by atoms with Crippen molar-refractivity contribution in [1.29, 1.82) is 0 Å². The first kappa shape index (κ1) is 16.4. The molecule has 7 heteroatoms. The highest BCUT2D eigenvalue weighted by atomic mass is 16.5. The van der Waals surface area contributed by atoms with Crippen LogP contribution in [-0.4, -0.2) is 56.3 Å². The van der Waals surface area contributed by atoms with Crippen LogP contribution in [0.3, 0.4) is 0 Å². The van der Waals surface area contributed by atoms with Crippen LogP contribution < -0.4 is 11.3 Å². The molecular formula is C13H22N4O3. The Morgan fingerprint density at radius 2 is 2.10 bits per heavy atom. The lowest BCUT2D eigenvalue weighted by Gasteiger charge is -2.22. The van der Waals surface area contributed by atoms with Gasteiger partial charge in [0.2, 0.25) is 0 Å². The lowest BCUT2D eigenvalue weighted by Crippen LogP contribution is -2.35. The molecule has 0 fully saturated rings. The molecule has 0 bridgehead atoms. The topological polar surface area (TPSA) is 89.7 Å². The van der Waals surface area contributed by atoms with Gasteiger partial charge in [0.15, 0.2) is 0 Å². The Bertz CT molecular complexity index is 414. The molecular weight excluding hydrogens is 260 g/mol. The van der Waals surface area contributed by atoms with Gasteiger partial charge in [0, 0.05) is 45.7 Å². The van der Waals surface area contributed by atoms with E-state index in [-0.39, 0.29) is 5.91 Å². The molecule has 0 unspecified atom stereocenters. The summed E-state index contributed by atoms with van der Waals surface area (Å²) in [6, 6.07) is 3.29. The molecule has 3 N–H and O–H groups in total. The van der Waals surface area contributed by atoms with Gasteiger partial charge in [-0.3, -0.25) is 4.79 Å². The van der Waals surface area contributed by atoms with Crippen LogP contribution in [0.25, 0.3) is 0 Å². The van der Waals surface area contributed by atoms with Gasteiger partial charge in [0.05, 0.1) is 6.61 Å². The van der Waals surface area contributed by atoms with Crippen LogP contribution in [0.4, 0.5) is 5.82 Å². The minimum absolute atomic E-state index is 0.0722. The summed E-state index contributed by atoms with van der Waals surface area (Å²) in [5.41, 5.74) is 2.97. The highest BCUT2D eigenvalue weighted by Gasteiger charge is 2.15. The summed E-state index contributed by atoms with van der Waals surface area (Å²) in [6.45, 7) is 2.25. The molecule has 0 spiro atoms. The van der Waals surface area contributed by atoms with Crippen molar-refractivity contribution >= 4 is 11.7 Å². The maximum atomic E-state index is 12.4. The highest BCUT2D eigenvalue weighted by molar-refractivity contribution is 5.94. The Balaban J connectivity index is 2.73. The molecule has 0 radical (unpaired) electrons. The average molecular weight is 282 g/mol. The summed E-state index contributed by atoms with van der Waals surface area (Å²) in [7, 11) is 3.25. The monoisotopic (exact) mass is 282 g/mol. The van der Waals surface area contributed by atoms with Crippen molar-refractivity contribution in [1.82, 2.24) is 9.88 Å². The number of hydrogen-bond acceptors (Lipinski definition) is 6. The number of hydrazine groups is 1. The number of carbonyl (C=O) groups excluding carboxylic acids is 1. The normalized spacial score (nSPS) is 10.3. The van der Waals surface area contributed by atoms with E-state index in [1.54, 1.807) is 37.4 Å². The van der Waals surface area contributed by atoms with Gasteiger partial charge in [-0.2, -0.15) is 0 Å². The fourth-order valence-corrected chi connectivity index (χ4v) is 1.74. The van der Waals surface area contributed by atoms with Crippen molar-refractivity contribution in [3.63, 3.8) is 0 Å². The molecule has 20 heavy (non-hydrogen) atoms. The molecule has 112 valence electrons. The maximum Gasteiger partial charge on any atom is 0.254 e. The van der Waals surface area contributed by atoms with Gasteiger partial charge >= 0.3 is 0 Å². The Morgan fingerprint density at radius 3 is 2.75 bits per heavy atom. The van der Waals surface area contributed by atoms with E-state index in [1.165, 1.54) is 0 Å². The van der Waals surface area contributed by atoms with Crippen molar-refractivity contribution in [3.8, 4) is 0 Å². The number of anilines is 1. The number of nitrogens with zero attached hydrogens (tertiary/aromatic N) is 2. The average Bonchev–Trinajstić information content (AvgIpc) is 2.50. The van der Waals surface area contributed by atoms with Crippen LogP contribution in [0, 0.1) is 0 Å². The number of hydrogen-bond donors (Lipinski definition) is 2. The minimum atomic E-state index is -0.0722. The second-order valence-electron chi connectivity index (χ2n) is 4.21. The third-order valence-electron chi connectivity index (χ3n) is 2.78. The predicted molar refractivity (Wildman–Crippen MR) is 76.3 cm³/mol. The molecule has 7 nitrogen and oxygen atoms in total.